The van der Waals surface area contributed by atoms with Gasteiger partial charge in [0.1, 0.15) is 11.4 Å². The number of rotatable bonds is 3. The Balaban J connectivity index is 2.28. The molecule has 1 heterocycles. The van der Waals surface area contributed by atoms with E-state index in [1.54, 1.807) is 4.68 Å². The van der Waals surface area contributed by atoms with Crippen LogP contribution in [0, 0.1) is 0 Å². The molecule has 0 aliphatic heterocycles. The normalized spacial score (nSPS) is 10.4. The number of carbonyl (C=O) groups excluding carboxylic acids is 1. The van der Waals surface area contributed by atoms with Gasteiger partial charge in [0.25, 0.3) is 5.91 Å². The van der Waals surface area contributed by atoms with Crippen molar-refractivity contribution >= 4 is 27.7 Å². The zero-order chi connectivity index (χ0) is 12.4. The Morgan fingerprint density at radius 2 is 2.24 bits per heavy atom. The van der Waals surface area contributed by atoms with Crippen molar-refractivity contribution < 1.29 is 4.79 Å². The van der Waals surface area contributed by atoms with Crippen molar-refractivity contribution in [1.82, 2.24) is 9.78 Å². The van der Waals surface area contributed by atoms with Crippen LogP contribution in [-0.4, -0.2) is 15.7 Å². The Morgan fingerprint density at radius 1 is 1.47 bits per heavy atom. The van der Waals surface area contributed by atoms with E-state index in [1.165, 1.54) is 6.20 Å². The van der Waals surface area contributed by atoms with Crippen LogP contribution < -0.4 is 11.5 Å². The van der Waals surface area contributed by atoms with Crippen LogP contribution in [0.5, 0.6) is 0 Å². The number of halogens is 1. The van der Waals surface area contributed by atoms with Crippen molar-refractivity contribution in [1.29, 1.82) is 0 Å². The van der Waals surface area contributed by atoms with Crippen molar-refractivity contribution in [2.75, 3.05) is 5.73 Å². The molecule has 0 radical (unpaired) electrons. The number of nitrogens with zero attached hydrogens (tertiary/aromatic N) is 2. The van der Waals surface area contributed by atoms with E-state index in [4.69, 9.17) is 11.5 Å². The molecule has 6 heteroatoms. The summed E-state index contributed by atoms with van der Waals surface area (Å²) in [5, 5.41) is 4.04. The molecule has 0 bridgehead atoms. The summed E-state index contributed by atoms with van der Waals surface area (Å²) in [5.41, 5.74) is 12.2. The molecule has 1 amide bonds. The fraction of sp³-hybridized carbons (Fsp3) is 0.0909. The molecule has 0 saturated carbocycles. The Hall–Kier alpha value is -1.82. The van der Waals surface area contributed by atoms with E-state index >= 15 is 0 Å². The van der Waals surface area contributed by atoms with Gasteiger partial charge in [-0.2, -0.15) is 5.10 Å². The first-order valence-electron chi connectivity index (χ1n) is 4.93. The van der Waals surface area contributed by atoms with Gasteiger partial charge in [-0.05, 0) is 17.7 Å². The number of nitrogen functional groups attached to an aromatic ring is 1. The zero-order valence-electron chi connectivity index (χ0n) is 8.93. The summed E-state index contributed by atoms with van der Waals surface area (Å²) in [4.78, 5) is 11.0. The smallest absolute Gasteiger partial charge is 0.254 e. The van der Waals surface area contributed by atoms with Crippen LogP contribution >= 0.6 is 15.9 Å². The lowest BCUT2D eigenvalue weighted by atomic mass is 10.2. The minimum absolute atomic E-state index is 0.250. The maximum Gasteiger partial charge on any atom is 0.254 e. The zero-order valence-corrected chi connectivity index (χ0v) is 10.5. The van der Waals surface area contributed by atoms with Crippen molar-refractivity contribution in [3.8, 4) is 0 Å². The lowest BCUT2D eigenvalue weighted by Crippen LogP contribution is -2.14. The van der Waals surface area contributed by atoms with E-state index in [1.807, 2.05) is 24.3 Å². The van der Waals surface area contributed by atoms with Crippen LogP contribution in [0.2, 0.25) is 0 Å². The molecule has 1 aromatic heterocycles. The maximum absolute atomic E-state index is 11.0. The number of benzene rings is 1. The van der Waals surface area contributed by atoms with Crippen LogP contribution in [0.3, 0.4) is 0 Å². The summed E-state index contributed by atoms with van der Waals surface area (Å²) in [7, 11) is 0. The van der Waals surface area contributed by atoms with E-state index in [9.17, 15) is 4.79 Å². The van der Waals surface area contributed by atoms with Gasteiger partial charge in [-0.15, -0.1) is 0 Å². The minimum atomic E-state index is -0.567. The van der Waals surface area contributed by atoms with Crippen LogP contribution in [0.1, 0.15) is 15.9 Å². The highest BCUT2D eigenvalue weighted by Crippen LogP contribution is 2.15. The molecule has 2 rings (SSSR count). The molecule has 2 aromatic rings. The van der Waals surface area contributed by atoms with Gasteiger partial charge < -0.3 is 11.5 Å². The summed E-state index contributed by atoms with van der Waals surface area (Å²) >= 11 is 3.39. The Bertz CT molecular complexity index is 564. The van der Waals surface area contributed by atoms with Crippen molar-refractivity contribution in [2.45, 2.75) is 6.54 Å². The summed E-state index contributed by atoms with van der Waals surface area (Å²) in [5.74, 6) is -0.277. The molecule has 1 aromatic carbocycles. The summed E-state index contributed by atoms with van der Waals surface area (Å²) in [6.07, 6.45) is 1.38. The average Bonchev–Trinajstić information content (AvgIpc) is 2.61. The summed E-state index contributed by atoms with van der Waals surface area (Å²) in [6, 6.07) is 7.78. The van der Waals surface area contributed by atoms with Crippen LogP contribution in [0.15, 0.2) is 34.9 Å². The lowest BCUT2D eigenvalue weighted by Gasteiger charge is -2.05. The topological polar surface area (TPSA) is 86.9 Å². The van der Waals surface area contributed by atoms with Gasteiger partial charge in [0, 0.05) is 4.47 Å². The number of aromatic nitrogens is 2. The third-order valence-corrected chi connectivity index (χ3v) is 2.86. The molecule has 0 aliphatic carbocycles. The van der Waals surface area contributed by atoms with Gasteiger partial charge in [0.05, 0.1) is 12.7 Å². The number of hydrogen-bond acceptors (Lipinski definition) is 3. The first kappa shape index (κ1) is 11.7. The lowest BCUT2D eigenvalue weighted by molar-refractivity contribution is 0.100. The molecule has 0 unspecified atom stereocenters. The largest absolute Gasteiger partial charge is 0.383 e. The van der Waals surface area contributed by atoms with Crippen molar-refractivity contribution in [3.05, 3.63) is 46.1 Å². The highest BCUT2D eigenvalue weighted by Gasteiger charge is 2.12. The molecule has 0 fully saturated rings. The number of carbonyl (C=O) groups is 1. The second-order valence-electron chi connectivity index (χ2n) is 3.60. The Morgan fingerprint density at radius 3 is 2.82 bits per heavy atom. The van der Waals surface area contributed by atoms with E-state index in [2.05, 4.69) is 21.0 Å². The van der Waals surface area contributed by atoms with Gasteiger partial charge in [-0.1, -0.05) is 28.1 Å². The highest BCUT2D eigenvalue weighted by atomic mass is 79.9. The van der Waals surface area contributed by atoms with Gasteiger partial charge in [-0.25, -0.2) is 4.68 Å². The third kappa shape index (κ3) is 2.47. The monoisotopic (exact) mass is 294 g/mol. The average molecular weight is 295 g/mol. The fourth-order valence-electron chi connectivity index (χ4n) is 1.52. The van der Waals surface area contributed by atoms with E-state index in [0.717, 1.165) is 10.0 Å². The fourth-order valence-corrected chi connectivity index (χ4v) is 1.97. The van der Waals surface area contributed by atoms with Crippen molar-refractivity contribution in [2.24, 2.45) is 5.73 Å². The summed E-state index contributed by atoms with van der Waals surface area (Å²) in [6.45, 7) is 0.499. The molecular formula is C11H11BrN4O. The molecular weight excluding hydrogens is 284 g/mol. The van der Waals surface area contributed by atoms with Crippen LogP contribution in [0.25, 0.3) is 0 Å². The first-order valence-corrected chi connectivity index (χ1v) is 5.73. The van der Waals surface area contributed by atoms with Gasteiger partial charge in [-0.3, -0.25) is 4.79 Å². The number of amides is 1. The van der Waals surface area contributed by atoms with Crippen molar-refractivity contribution in [3.63, 3.8) is 0 Å². The molecule has 0 aliphatic rings. The van der Waals surface area contributed by atoms with E-state index < -0.39 is 5.91 Å². The number of anilines is 1. The van der Waals surface area contributed by atoms with Gasteiger partial charge in [0.15, 0.2) is 0 Å². The second kappa shape index (κ2) is 4.58. The number of hydrogen-bond donors (Lipinski definition) is 2. The van der Waals surface area contributed by atoms with Gasteiger partial charge >= 0.3 is 0 Å². The Labute approximate surface area is 107 Å². The van der Waals surface area contributed by atoms with E-state index in [-0.39, 0.29) is 11.4 Å². The van der Waals surface area contributed by atoms with Crippen LogP contribution in [-0.2, 0) is 6.54 Å². The predicted molar refractivity (Wildman–Crippen MR) is 68.4 cm³/mol. The SMILES string of the molecule is NC(=O)c1cnn(Cc2cccc(Br)c2)c1N. The molecule has 4 N–H and O–H groups in total. The number of primary amides is 1. The quantitative estimate of drug-likeness (QED) is 0.896. The predicted octanol–water partition coefficient (Wildman–Crippen LogP) is 1.38. The molecule has 5 nitrogen and oxygen atoms in total. The van der Waals surface area contributed by atoms with Crippen LogP contribution in [0.4, 0.5) is 5.82 Å². The van der Waals surface area contributed by atoms with Gasteiger partial charge in [0.2, 0.25) is 0 Å². The van der Waals surface area contributed by atoms with E-state index in [0.29, 0.717) is 6.54 Å². The standard InChI is InChI=1S/C11H11BrN4O/c12-8-3-1-2-7(4-8)6-16-10(13)9(5-15-16)11(14)17/h1-5H,6,13H2,(H2,14,17). The number of nitrogens with two attached hydrogens (primary N) is 2. The third-order valence-electron chi connectivity index (χ3n) is 2.37. The molecule has 0 atom stereocenters. The highest BCUT2D eigenvalue weighted by molar-refractivity contribution is 9.10. The summed E-state index contributed by atoms with van der Waals surface area (Å²) < 4.78 is 2.53. The molecule has 17 heavy (non-hydrogen) atoms. The molecule has 88 valence electrons. The minimum Gasteiger partial charge on any atom is -0.383 e. The maximum atomic E-state index is 11.0. The Kier molecular flexibility index (Phi) is 3.14. The second-order valence-corrected chi connectivity index (χ2v) is 4.51. The first-order chi connectivity index (χ1) is 8.08. The molecule has 0 saturated heterocycles. The molecule has 0 spiro atoms.